The van der Waals surface area contributed by atoms with Crippen LogP contribution in [-0.2, 0) is 9.59 Å². The molecule has 5 heteroatoms. The van der Waals surface area contributed by atoms with Gasteiger partial charge >= 0.3 is 11.9 Å². The molecule has 0 aromatic carbocycles. The highest BCUT2D eigenvalue weighted by atomic mass is 16.4. The van der Waals surface area contributed by atoms with Crippen molar-refractivity contribution in [2.45, 2.75) is 13.0 Å². The number of hydrogen-bond acceptors (Lipinski definition) is 3. The highest BCUT2D eigenvalue weighted by molar-refractivity contribution is 6.31. The number of carboxylic acid groups (broad SMARTS) is 1. The lowest BCUT2D eigenvalue weighted by Crippen LogP contribution is -2.40. The quantitative estimate of drug-likeness (QED) is 0.453. The van der Waals surface area contributed by atoms with Crippen molar-refractivity contribution in [3.8, 4) is 0 Å². The Hall–Kier alpha value is -1.10. The fourth-order valence-corrected chi connectivity index (χ4v) is 0.423. The molecule has 0 rings (SSSR count). The van der Waals surface area contributed by atoms with Crippen LogP contribution in [0.1, 0.15) is 6.92 Å². The highest BCUT2D eigenvalue weighted by Gasteiger charge is 2.10. The topological polar surface area (TPSA) is 78.4 Å². The molecule has 0 bridgehead atoms. The van der Waals surface area contributed by atoms with Crippen LogP contribution in [0.4, 0.5) is 0 Å². The van der Waals surface area contributed by atoms with Crippen LogP contribution in [0.15, 0.2) is 0 Å². The van der Waals surface area contributed by atoms with Crippen LogP contribution in [0, 0.1) is 0 Å². The minimum atomic E-state index is -1.45. The van der Waals surface area contributed by atoms with Crippen molar-refractivity contribution in [3.63, 3.8) is 0 Å². The summed E-state index contributed by atoms with van der Waals surface area (Å²) in [6, 6.07) is 0.0818. The normalized spacial score (nSPS) is 12.2. The van der Waals surface area contributed by atoms with Crippen LogP contribution in [0.5, 0.6) is 0 Å². The maximum absolute atomic E-state index is 10.4. The van der Waals surface area contributed by atoms with Gasteiger partial charge in [0.25, 0.3) is 0 Å². The molecule has 3 N–H and O–H groups in total. The van der Waals surface area contributed by atoms with Gasteiger partial charge < -0.3 is 15.7 Å². The molecule has 1 amide bonds. The minimum Gasteiger partial charge on any atom is -0.474 e. The predicted octanol–water partition coefficient (Wildman–Crippen LogP) is -1.20. The van der Waals surface area contributed by atoms with E-state index in [1.54, 1.807) is 7.05 Å². The predicted molar refractivity (Wildman–Crippen MR) is 39.2 cm³/mol. The Morgan fingerprint density at radius 2 is 2.09 bits per heavy atom. The summed E-state index contributed by atoms with van der Waals surface area (Å²) in [7, 11) is 1.73. The summed E-state index contributed by atoms with van der Waals surface area (Å²) in [4.78, 5) is 20.4. The van der Waals surface area contributed by atoms with E-state index in [-0.39, 0.29) is 6.04 Å². The van der Waals surface area contributed by atoms with Crippen molar-refractivity contribution in [2.75, 3.05) is 13.6 Å². The largest absolute Gasteiger partial charge is 0.474 e. The third-order valence-electron chi connectivity index (χ3n) is 1.26. The molecule has 0 radical (unpaired) electrons. The van der Waals surface area contributed by atoms with E-state index in [4.69, 9.17) is 5.11 Å². The van der Waals surface area contributed by atoms with Gasteiger partial charge in [0.15, 0.2) is 0 Å². The number of rotatable bonds is 3. The van der Waals surface area contributed by atoms with Crippen molar-refractivity contribution in [1.82, 2.24) is 10.6 Å². The van der Waals surface area contributed by atoms with Gasteiger partial charge in [-0.15, -0.1) is 0 Å². The summed E-state index contributed by atoms with van der Waals surface area (Å²) in [6.07, 6.45) is 0. The molecule has 0 aliphatic carbocycles. The van der Waals surface area contributed by atoms with Crippen LogP contribution >= 0.6 is 0 Å². The van der Waals surface area contributed by atoms with Gasteiger partial charge in [-0.3, -0.25) is 4.79 Å². The second kappa shape index (κ2) is 4.68. The van der Waals surface area contributed by atoms with Gasteiger partial charge in [-0.2, -0.15) is 0 Å². The van der Waals surface area contributed by atoms with Crippen LogP contribution in [0.2, 0.25) is 0 Å². The van der Waals surface area contributed by atoms with Crippen molar-refractivity contribution in [1.29, 1.82) is 0 Å². The summed E-state index contributed by atoms with van der Waals surface area (Å²) in [5, 5.41) is 13.2. The summed E-state index contributed by atoms with van der Waals surface area (Å²) >= 11 is 0. The van der Waals surface area contributed by atoms with Gasteiger partial charge in [-0.1, -0.05) is 0 Å². The third-order valence-corrected chi connectivity index (χ3v) is 1.26. The van der Waals surface area contributed by atoms with Gasteiger partial charge in [0.05, 0.1) is 0 Å². The van der Waals surface area contributed by atoms with Crippen LogP contribution < -0.4 is 10.6 Å². The zero-order valence-electron chi connectivity index (χ0n) is 6.55. The zero-order valence-corrected chi connectivity index (χ0v) is 6.55. The number of nitrogens with one attached hydrogen (secondary N) is 2. The first-order valence-corrected chi connectivity index (χ1v) is 3.26. The number of amides is 1. The van der Waals surface area contributed by atoms with E-state index in [0.717, 1.165) is 0 Å². The smallest absolute Gasteiger partial charge is 0.394 e. The van der Waals surface area contributed by atoms with E-state index in [2.05, 4.69) is 10.6 Å². The van der Waals surface area contributed by atoms with Crippen LogP contribution in [-0.4, -0.2) is 36.6 Å². The molecule has 0 fully saturated rings. The second-order valence-corrected chi connectivity index (χ2v) is 2.20. The number of carboxylic acids is 1. The first kappa shape index (κ1) is 9.90. The molecule has 1 unspecified atom stereocenters. The monoisotopic (exact) mass is 160 g/mol. The molecule has 64 valence electrons. The molecule has 1 atom stereocenters. The van der Waals surface area contributed by atoms with Gasteiger partial charge in [0, 0.05) is 12.6 Å². The van der Waals surface area contributed by atoms with Crippen molar-refractivity contribution in [2.24, 2.45) is 0 Å². The molecule has 0 aliphatic rings. The molecular formula is C6H12N2O3. The molecule has 0 aromatic heterocycles. The minimum absolute atomic E-state index is 0.0818. The summed E-state index contributed by atoms with van der Waals surface area (Å²) < 4.78 is 0. The van der Waals surface area contributed by atoms with Crippen molar-refractivity contribution < 1.29 is 14.7 Å². The van der Waals surface area contributed by atoms with E-state index in [1.165, 1.54) is 0 Å². The number of carbonyl (C=O) groups is 2. The molecule has 0 spiro atoms. The zero-order chi connectivity index (χ0) is 8.85. The lowest BCUT2D eigenvalue weighted by Gasteiger charge is -2.08. The molecule has 0 saturated carbocycles. The molecule has 0 saturated heterocycles. The molecule has 0 aliphatic heterocycles. The van der Waals surface area contributed by atoms with Gasteiger partial charge in [0.2, 0.25) is 0 Å². The Morgan fingerprint density at radius 1 is 1.55 bits per heavy atom. The van der Waals surface area contributed by atoms with Gasteiger partial charge in [0.1, 0.15) is 0 Å². The van der Waals surface area contributed by atoms with E-state index in [1.807, 2.05) is 6.92 Å². The average molecular weight is 160 g/mol. The Labute approximate surface area is 64.8 Å². The number of aliphatic carboxylic acids is 1. The number of hydrogen-bond donors (Lipinski definition) is 3. The van der Waals surface area contributed by atoms with Crippen molar-refractivity contribution >= 4 is 11.9 Å². The van der Waals surface area contributed by atoms with Crippen LogP contribution in [0.25, 0.3) is 0 Å². The molecular weight excluding hydrogens is 148 g/mol. The Morgan fingerprint density at radius 3 is 2.45 bits per heavy atom. The molecule has 0 aromatic rings. The second-order valence-electron chi connectivity index (χ2n) is 2.20. The summed E-state index contributed by atoms with van der Waals surface area (Å²) in [5.74, 6) is -2.42. The average Bonchev–Trinajstić information content (AvgIpc) is 1.99. The fourth-order valence-electron chi connectivity index (χ4n) is 0.423. The number of likely N-dealkylation sites (N-methyl/N-ethyl adjacent to an activating group) is 1. The summed E-state index contributed by atoms with van der Waals surface area (Å²) in [5.41, 5.74) is 0. The third kappa shape index (κ3) is 4.32. The fraction of sp³-hybridized carbons (Fsp3) is 0.667. The van der Waals surface area contributed by atoms with E-state index in [9.17, 15) is 9.59 Å². The maximum Gasteiger partial charge on any atom is 0.394 e. The van der Waals surface area contributed by atoms with Gasteiger partial charge in [-0.05, 0) is 14.0 Å². The Balaban J connectivity index is 3.54. The lowest BCUT2D eigenvalue weighted by atomic mass is 10.3. The molecule has 5 nitrogen and oxygen atoms in total. The standard InChI is InChI=1S/C6H12N2O3/c1-4(7-2)3-8-5(9)6(10)11/h4,7H,3H2,1-2H3,(H,8,9)(H,10,11). The maximum atomic E-state index is 10.4. The first-order chi connectivity index (χ1) is 5.07. The van der Waals surface area contributed by atoms with E-state index >= 15 is 0 Å². The highest BCUT2D eigenvalue weighted by Crippen LogP contribution is 1.75. The summed E-state index contributed by atoms with van der Waals surface area (Å²) in [6.45, 7) is 2.16. The first-order valence-electron chi connectivity index (χ1n) is 3.26. The SMILES string of the molecule is CNC(C)CNC(=O)C(=O)O. The Kier molecular flexibility index (Phi) is 4.21. The Bertz CT molecular complexity index is 158. The van der Waals surface area contributed by atoms with E-state index in [0.29, 0.717) is 6.54 Å². The number of carbonyl (C=O) groups excluding carboxylic acids is 1. The lowest BCUT2D eigenvalue weighted by molar-refractivity contribution is -0.150. The van der Waals surface area contributed by atoms with E-state index < -0.39 is 11.9 Å². The molecule has 11 heavy (non-hydrogen) atoms. The van der Waals surface area contributed by atoms with Gasteiger partial charge in [-0.25, -0.2) is 4.79 Å². The molecule has 0 heterocycles. The van der Waals surface area contributed by atoms with Crippen molar-refractivity contribution in [3.05, 3.63) is 0 Å². The van der Waals surface area contributed by atoms with Crippen LogP contribution in [0.3, 0.4) is 0 Å².